The molecule has 7 heteroatoms. The highest BCUT2D eigenvalue weighted by Crippen LogP contribution is 2.38. The Hall–Kier alpha value is -2.57. The van der Waals surface area contributed by atoms with Gasteiger partial charge >= 0.3 is 0 Å². The van der Waals surface area contributed by atoms with Crippen molar-refractivity contribution in [2.45, 2.75) is 31.4 Å². The van der Waals surface area contributed by atoms with Crippen molar-refractivity contribution in [1.29, 1.82) is 0 Å². The number of nitrogens with one attached hydrogen (secondary N) is 1. The quantitative estimate of drug-likeness (QED) is 0.920. The molecule has 1 N–H and O–H groups in total. The molecule has 23 heavy (non-hydrogen) atoms. The van der Waals surface area contributed by atoms with Crippen LogP contribution in [0.25, 0.3) is 0 Å². The molecular weight excluding hydrogens is 296 g/mol. The second-order valence-electron chi connectivity index (χ2n) is 5.89. The third-order valence-electron chi connectivity index (χ3n) is 4.15. The second-order valence-corrected chi connectivity index (χ2v) is 5.89. The molecule has 1 saturated carbocycles. The molecule has 0 bridgehead atoms. The maximum Gasteiger partial charge on any atom is 0.262 e. The Labute approximate surface area is 133 Å². The number of amides is 1. The Bertz CT molecular complexity index is 726. The van der Waals surface area contributed by atoms with Crippen molar-refractivity contribution in [3.05, 3.63) is 36.0 Å². The summed E-state index contributed by atoms with van der Waals surface area (Å²) in [7, 11) is 1.61. The van der Waals surface area contributed by atoms with Crippen LogP contribution in [0.4, 0.5) is 5.69 Å². The molecule has 1 atom stereocenters. The highest BCUT2D eigenvalue weighted by molar-refractivity contribution is 5.83. The topological polar surface area (TPSA) is 80.5 Å². The van der Waals surface area contributed by atoms with E-state index in [0.29, 0.717) is 30.6 Å². The largest absolute Gasteiger partial charge is 0.477 e. The lowest BCUT2D eigenvalue weighted by molar-refractivity contribution is -0.127. The van der Waals surface area contributed by atoms with Crippen molar-refractivity contribution in [1.82, 2.24) is 15.5 Å². The monoisotopic (exact) mass is 314 g/mol. The first kappa shape index (κ1) is 14.0. The van der Waals surface area contributed by atoms with E-state index in [9.17, 15) is 4.79 Å². The summed E-state index contributed by atoms with van der Waals surface area (Å²) in [5, 5.41) is 6.68. The van der Waals surface area contributed by atoms with Gasteiger partial charge in [-0.25, -0.2) is 0 Å². The molecule has 120 valence electrons. The molecule has 0 unspecified atom stereocenters. The number of hydrogen-bond donors (Lipinski definition) is 1. The summed E-state index contributed by atoms with van der Waals surface area (Å²) >= 11 is 0. The maximum atomic E-state index is 12.0. The van der Waals surface area contributed by atoms with Crippen molar-refractivity contribution in [2.24, 2.45) is 0 Å². The fraction of sp³-hybridized carbons (Fsp3) is 0.438. The van der Waals surface area contributed by atoms with Crippen LogP contribution < -0.4 is 15.0 Å². The number of nitrogens with zero attached hydrogens (tertiary/aromatic N) is 3. The molecule has 2 heterocycles. The smallest absolute Gasteiger partial charge is 0.262 e. The molecule has 1 fully saturated rings. The van der Waals surface area contributed by atoms with Gasteiger partial charge in [-0.05, 0) is 25.0 Å². The highest BCUT2D eigenvalue weighted by atomic mass is 16.5. The van der Waals surface area contributed by atoms with Crippen LogP contribution >= 0.6 is 0 Å². The minimum Gasteiger partial charge on any atom is -0.477 e. The first-order valence-corrected chi connectivity index (χ1v) is 7.79. The lowest BCUT2D eigenvalue weighted by atomic mass is 10.1. The van der Waals surface area contributed by atoms with Gasteiger partial charge in [-0.1, -0.05) is 17.3 Å². The van der Waals surface area contributed by atoms with Crippen LogP contribution in [0.2, 0.25) is 0 Å². The van der Waals surface area contributed by atoms with Gasteiger partial charge in [0.1, 0.15) is 5.75 Å². The van der Waals surface area contributed by atoms with Crippen molar-refractivity contribution in [3.8, 4) is 5.75 Å². The maximum absolute atomic E-state index is 12.0. The summed E-state index contributed by atoms with van der Waals surface area (Å²) in [5.74, 6) is 2.37. The molecule has 0 radical (unpaired) electrons. The predicted octanol–water partition coefficient (Wildman–Crippen LogP) is 1.46. The number of rotatable bonds is 4. The molecule has 1 amide bonds. The molecule has 4 rings (SSSR count). The standard InChI is InChI=1S/C16H18N4O3/c1-17-16(21)13-8-20(11-4-2-3-5-12(11)22-13)9-14-18-15(19-23-14)10-6-7-10/h2-5,10,13H,6-9H2,1H3,(H,17,21)/t13-/m1/s1. The number of ether oxygens (including phenoxy) is 1. The van der Waals surface area contributed by atoms with E-state index < -0.39 is 6.10 Å². The number of likely N-dealkylation sites (N-methyl/N-ethyl adjacent to an activating group) is 1. The third-order valence-corrected chi connectivity index (χ3v) is 4.15. The Kier molecular flexibility index (Phi) is 3.40. The lowest BCUT2D eigenvalue weighted by Gasteiger charge is -2.34. The Morgan fingerprint density at radius 2 is 2.22 bits per heavy atom. The Morgan fingerprint density at radius 3 is 3.00 bits per heavy atom. The summed E-state index contributed by atoms with van der Waals surface area (Å²) in [6, 6.07) is 7.66. The van der Waals surface area contributed by atoms with Gasteiger partial charge in [0.2, 0.25) is 5.89 Å². The van der Waals surface area contributed by atoms with Gasteiger partial charge < -0.3 is 19.5 Å². The number of fused-ring (bicyclic) bond motifs is 1. The highest BCUT2D eigenvalue weighted by Gasteiger charge is 2.32. The normalized spacial score (nSPS) is 19.9. The second kappa shape index (κ2) is 5.57. The lowest BCUT2D eigenvalue weighted by Crippen LogP contribution is -2.48. The van der Waals surface area contributed by atoms with Gasteiger partial charge in [-0.3, -0.25) is 4.79 Å². The predicted molar refractivity (Wildman–Crippen MR) is 82.2 cm³/mol. The molecule has 1 aromatic carbocycles. The van der Waals surface area contributed by atoms with E-state index in [1.54, 1.807) is 7.05 Å². The van der Waals surface area contributed by atoms with E-state index in [-0.39, 0.29) is 5.91 Å². The summed E-state index contributed by atoms with van der Waals surface area (Å²) < 4.78 is 11.1. The van der Waals surface area contributed by atoms with Crippen molar-refractivity contribution in [3.63, 3.8) is 0 Å². The number of aromatic nitrogens is 2. The average Bonchev–Trinajstić information content (AvgIpc) is 3.34. The SMILES string of the molecule is CNC(=O)[C@H]1CN(Cc2nc(C3CC3)no2)c2ccccc2O1. The van der Waals surface area contributed by atoms with E-state index in [1.807, 2.05) is 29.2 Å². The number of hydrogen-bond acceptors (Lipinski definition) is 6. The van der Waals surface area contributed by atoms with Crippen LogP contribution in [0, 0.1) is 0 Å². The van der Waals surface area contributed by atoms with Gasteiger partial charge in [0, 0.05) is 13.0 Å². The summed E-state index contributed by atoms with van der Waals surface area (Å²) in [5.41, 5.74) is 0.929. The van der Waals surface area contributed by atoms with Gasteiger partial charge in [-0.2, -0.15) is 4.98 Å². The molecule has 2 aromatic rings. The van der Waals surface area contributed by atoms with Crippen LogP contribution in [0.1, 0.15) is 30.5 Å². The minimum atomic E-state index is -0.555. The van der Waals surface area contributed by atoms with Crippen molar-refractivity contribution < 1.29 is 14.1 Å². The Morgan fingerprint density at radius 1 is 1.39 bits per heavy atom. The summed E-state index contributed by atoms with van der Waals surface area (Å²) in [6.07, 6.45) is 1.72. The van der Waals surface area contributed by atoms with Crippen molar-refractivity contribution in [2.75, 3.05) is 18.5 Å². The number of anilines is 1. The minimum absolute atomic E-state index is 0.145. The first-order chi connectivity index (χ1) is 11.2. The van der Waals surface area contributed by atoms with E-state index in [2.05, 4.69) is 15.5 Å². The molecule has 2 aliphatic rings. The van der Waals surface area contributed by atoms with Crippen LogP contribution in [0.3, 0.4) is 0 Å². The number of carbonyl (C=O) groups is 1. The fourth-order valence-electron chi connectivity index (χ4n) is 2.76. The zero-order chi connectivity index (χ0) is 15.8. The first-order valence-electron chi connectivity index (χ1n) is 7.79. The number of carbonyl (C=O) groups excluding carboxylic acids is 1. The van der Waals surface area contributed by atoms with Gasteiger partial charge in [-0.15, -0.1) is 0 Å². The van der Waals surface area contributed by atoms with Crippen molar-refractivity contribution >= 4 is 11.6 Å². The number of benzene rings is 1. The van der Waals surface area contributed by atoms with Crippen LogP contribution in [0.15, 0.2) is 28.8 Å². The zero-order valence-electron chi connectivity index (χ0n) is 12.9. The van der Waals surface area contributed by atoms with E-state index >= 15 is 0 Å². The molecule has 0 spiro atoms. The summed E-state index contributed by atoms with van der Waals surface area (Å²) in [6.45, 7) is 0.908. The molecule has 7 nitrogen and oxygen atoms in total. The van der Waals surface area contributed by atoms with Gasteiger partial charge in [0.25, 0.3) is 5.91 Å². The molecule has 1 aromatic heterocycles. The van der Waals surface area contributed by atoms with Crippen LogP contribution in [0.5, 0.6) is 5.75 Å². The van der Waals surface area contributed by atoms with E-state index in [4.69, 9.17) is 9.26 Å². The zero-order valence-corrected chi connectivity index (χ0v) is 12.9. The molecule has 0 saturated heterocycles. The van der Waals surface area contributed by atoms with Gasteiger partial charge in [0.15, 0.2) is 11.9 Å². The summed E-state index contributed by atoms with van der Waals surface area (Å²) in [4.78, 5) is 18.5. The van der Waals surface area contributed by atoms with Crippen LogP contribution in [-0.4, -0.2) is 35.7 Å². The van der Waals surface area contributed by atoms with Crippen LogP contribution in [-0.2, 0) is 11.3 Å². The van der Waals surface area contributed by atoms with E-state index in [0.717, 1.165) is 24.4 Å². The van der Waals surface area contributed by atoms with E-state index in [1.165, 1.54) is 0 Å². The van der Waals surface area contributed by atoms with Gasteiger partial charge in [0.05, 0.1) is 18.8 Å². The fourth-order valence-corrected chi connectivity index (χ4v) is 2.76. The average molecular weight is 314 g/mol. The molecular formula is C16H18N4O3. The third kappa shape index (κ3) is 2.74. The molecule has 1 aliphatic carbocycles. The Balaban J connectivity index is 1.58. The number of para-hydroxylation sites is 2. The molecule has 1 aliphatic heterocycles.